The molecule has 1 atom stereocenters. The largest absolute Gasteiger partial charge is 0.312 e. The molecule has 8 heteroatoms. The number of aromatic nitrogens is 2. The van der Waals surface area contributed by atoms with Gasteiger partial charge >= 0.3 is 0 Å². The Bertz CT molecular complexity index is 1070. The number of sulfonamides is 1. The number of amides is 1. The number of hydrogen-bond acceptors (Lipinski definition) is 4. The van der Waals surface area contributed by atoms with Crippen molar-refractivity contribution in [2.45, 2.75) is 57.9 Å². The molecule has 2 aliphatic rings. The number of fused-ring (bicyclic) bond motifs is 1. The van der Waals surface area contributed by atoms with Crippen LogP contribution >= 0.6 is 0 Å². The Morgan fingerprint density at radius 2 is 2.00 bits per heavy atom. The van der Waals surface area contributed by atoms with Gasteiger partial charge in [0, 0.05) is 30.4 Å². The number of anilines is 1. The van der Waals surface area contributed by atoms with Crippen molar-refractivity contribution in [3.8, 4) is 0 Å². The molecule has 1 aromatic heterocycles. The molecule has 1 saturated carbocycles. The minimum absolute atomic E-state index is 0.0988. The second-order valence-corrected chi connectivity index (χ2v) is 10.0. The fraction of sp³-hybridized carbons (Fsp3) is 0.524. The van der Waals surface area contributed by atoms with Crippen LogP contribution in [0.4, 0.5) is 5.69 Å². The van der Waals surface area contributed by atoms with Crippen molar-refractivity contribution in [2.75, 3.05) is 18.0 Å². The first-order valence-electron chi connectivity index (χ1n) is 10.2. The molecular weight excluding hydrogens is 388 g/mol. The van der Waals surface area contributed by atoms with Gasteiger partial charge in [-0.3, -0.25) is 9.48 Å². The number of hydrogen-bond donors (Lipinski definition) is 1. The molecule has 1 aliphatic heterocycles. The molecule has 0 unspecified atom stereocenters. The predicted octanol–water partition coefficient (Wildman–Crippen LogP) is 2.65. The van der Waals surface area contributed by atoms with E-state index in [2.05, 4.69) is 9.82 Å². The van der Waals surface area contributed by atoms with Crippen molar-refractivity contribution >= 4 is 21.6 Å². The summed E-state index contributed by atoms with van der Waals surface area (Å²) < 4.78 is 30.3. The van der Waals surface area contributed by atoms with E-state index in [0.717, 1.165) is 41.0 Å². The Balaban J connectivity index is 1.48. The minimum Gasteiger partial charge on any atom is -0.312 e. The third-order valence-electron chi connectivity index (χ3n) is 6.12. The third-order valence-corrected chi connectivity index (χ3v) is 7.54. The van der Waals surface area contributed by atoms with Crippen LogP contribution in [-0.4, -0.2) is 37.2 Å². The van der Waals surface area contributed by atoms with Gasteiger partial charge in [-0.05, 0) is 76.3 Å². The smallest absolute Gasteiger partial charge is 0.240 e. The van der Waals surface area contributed by atoms with Crippen molar-refractivity contribution in [3.05, 3.63) is 40.7 Å². The van der Waals surface area contributed by atoms with Gasteiger partial charge in [0.1, 0.15) is 0 Å². The Morgan fingerprint density at radius 3 is 2.62 bits per heavy atom. The van der Waals surface area contributed by atoms with Crippen LogP contribution in [0.15, 0.2) is 23.1 Å². The highest BCUT2D eigenvalue weighted by atomic mass is 32.2. The highest BCUT2D eigenvalue weighted by molar-refractivity contribution is 7.89. The SMILES string of the molecule is Cc1nn([C@@H](C)CNS(=O)(=O)c2ccc3c(c2)CCN3C(=O)C2CC2)c(C)c1C. The number of carbonyl (C=O) groups excluding carboxylic acids is 1. The van der Waals surface area contributed by atoms with E-state index in [-0.39, 0.29) is 29.3 Å². The quantitative estimate of drug-likeness (QED) is 0.785. The summed E-state index contributed by atoms with van der Waals surface area (Å²) in [5, 5.41) is 4.52. The zero-order chi connectivity index (χ0) is 20.9. The van der Waals surface area contributed by atoms with Crippen LogP contribution < -0.4 is 9.62 Å². The van der Waals surface area contributed by atoms with E-state index in [1.165, 1.54) is 0 Å². The summed E-state index contributed by atoms with van der Waals surface area (Å²) >= 11 is 0. The summed E-state index contributed by atoms with van der Waals surface area (Å²) in [5.74, 6) is 0.331. The first-order chi connectivity index (χ1) is 13.7. The standard InChI is InChI=1S/C21H28N4O3S/c1-13(25-16(4)14(2)15(3)23-25)12-22-29(27,28)19-7-8-20-18(11-19)9-10-24(20)21(26)17-5-6-17/h7-8,11,13,17,22H,5-6,9-10,12H2,1-4H3/t13-/m0/s1. The molecule has 1 aromatic carbocycles. The number of carbonyl (C=O) groups is 1. The van der Waals surface area contributed by atoms with E-state index < -0.39 is 10.0 Å². The van der Waals surface area contributed by atoms with Crippen LogP contribution in [-0.2, 0) is 21.2 Å². The Hall–Kier alpha value is -2.19. The number of nitrogens with zero attached hydrogens (tertiary/aromatic N) is 3. The second kappa shape index (κ2) is 7.25. The Morgan fingerprint density at radius 1 is 1.28 bits per heavy atom. The lowest BCUT2D eigenvalue weighted by Gasteiger charge is -2.18. The monoisotopic (exact) mass is 416 g/mol. The molecule has 0 saturated heterocycles. The Kier molecular flexibility index (Phi) is 5.02. The lowest BCUT2D eigenvalue weighted by molar-refractivity contribution is -0.119. The normalized spacial score (nSPS) is 17.4. The molecule has 2 heterocycles. The lowest BCUT2D eigenvalue weighted by Crippen LogP contribution is -2.31. The van der Waals surface area contributed by atoms with Gasteiger partial charge < -0.3 is 4.90 Å². The average molecular weight is 417 g/mol. The topological polar surface area (TPSA) is 84.3 Å². The van der Waals surface area contributed by atoms with E-state index >= 15 is 0 Å². The molecule has 156 valence electrons. The van der Waals surface area contributed by atoms with Gasteiger partial charge in [-0.25, -0.2) is 13.1 Å². The number of benzene rings is 1. The molecule has 29 heavy (non-hydrogen) atoms. The molecule has 2 aromatic rings. The van der Waals surface area contributed by atoms with E-state index in [0.29, 0.717) is 13.0 Å². The molecule has 0 spiro atoms. The summed E-state index contributed by atoms with van der Waals surface area (Å²) in [7, 11) is -3.64. The molecule has 0 bridgehead atoms. The van der Waals surface area contributed by atoms with E-state index in [9.17, 15) is 13.2 Å². The molecule has 1 N–H and O–H groups in total. The van der Waals surface area contributed by atoms with Gasteiger partial charge in [-0.1, -0.05) is 0 Å². The highest BCUT2D eigenvalue weighted by Crippen LogP contribution is 2.37. The summed E-state index contributed by atoms with van der Waals surface area (Å²) in [6.07, 6.45) is 2.63. The summed E-state index contributed by atoms with van der Waals surface area (Å²) in [4.78, 5) is 14.5. The lowest BCUT2D eigenvalue weighted by atomic mass is 10.2. The van der Waals surface area contributed by atoms with Crippen molar-refractivity contribution < 1.29 is 13.2 Å². The van der Waals surface area contributed by atoms with Gasteiger partial charge in [-0.15, -0.1) is 0 Å². The summed E-state index contributed by atoms with van der Waals surface area (Å²) in [5.41, 5.74) is 4.91. The zero-order valence-corrected chi connectivity index (χ0v) is 18.2. The van der Waals surface area contributed by atoms with Gasteiger partial charge in [0.05, 0.1) is 16.6 Å². The van der Waals surface area contributed by atoms with Crippen LogP contribution in [0.1, 0.15) is 48.3 Å². The molecule has 7 nitrogen and oxygen atoms in total. The molecule has 1 fully saturated rings. The van der Waals surface area contributed by atoms with E-state index in [4.69, 9.17) is 0 Å². The van der Waals surface area contributed by atoms with Gasteiger partial charge in [0.15, 0.2) is 0 Å². The van der Waals surface area contributed by atoms with Crippen molar-refractivity contribution in [1.29, 1.82) is 0 Å². The van der Waals surface area contributed by atoms with Crippen LogP contribution in [0.2, 0.25) is 0 Å². The maximum Gasteiger partial charge on any atom is 0.240 e. The summed E-state index contributed by atoms with van der Waals surface area (Å²) in [6, 6.07) is 4.97. The van der Waals surface area contributed by atoms with Gasteiger partial charge in [0.25, 0.3) is 0 Å². The molecule has 1 aliphatic carbocycles. The molecule has 1 amide bonds. The molecular formula is C21H28N4O3S. The number of aryl methyl sites for hydroxylation is 1. The first-order valence-corrected chi connectivity index (χ1v) is 11.6. The molecule has 4 rings (SSSR count). The fourth-order valence-electron chi connectivity index (χ4n) is 3.90. The van der Waals surface area contributed by atoms with Gasteiger partial charge in [0.2, 0.25) is 15.9 Å². The number of nitrogens with one attached hydrogen (secondary N) is 1. The van der Waals surface area contributed by atoms with Crippen molar-refractivity contribution in [2.24, 2.45) is 5.92 Å². The van der Waals surface area contributed by atoms with Crippen LogP contribution in [0.3, 0.4) is 0 Å². The zero-order valence-electron chi connectivity index (χ0n) is 17.4. The minimum atomic E-state index is -3.64. The Labute approximate surface area is 172 Å². The van der Waals surface area contributed by atoms with Crippen LogP contribution in [0, 0.1) is 26.7 Å². The van der Waals surface area contributed by atoms with E-state index in [1.807, 2.05) is 37.3 Å². The average Bonchev–Trinajstić information content (AvgIpc) is 3.41. The fourth-order valence-corrected chi connectivity index (χ4v) is 5.07. The van der Waals surface area contributed by atoms with Crippen molar-refractivity contribution in [3.63, 3.8) is 0 Å². The maximum absolute atomic E-state index is 12.8. The van der Waals surface area contributed by atoms with E-state index in [1.54, 1.807) is 18.2 Å². The highest BCUT2D eigenvalue weighted by Gasteiger charge is 2.36. The number of rotatable bonds is 6. The van der Waals surface area contributed by atoms with Crippen molar-refractivity contribution in [1.82, 2.24) is 14.5 Å². The summed E-state index contributed by atoms with van der Waals surface area (Å²) in [6.45, 7) is 8.81. The maximum atomic E-state index is 12.8. The predicted molar refractivity (Wildman–Crippen MR) is 112 cm³/mol. The first kappa shape index (κ1) is 20.1. The third kappa shape index (κ3) is 3.71. The van der Waals surface area contributed by atoms with Gasteiger partial charge in [-0.2, -0.15) is 5.10 Å². The second-order valence-electron chi connectivity index (χ2n) is 8.25. The van der Waals surface area contributed by atoms with Crippen LogP contribution in [0.5, 0.6) is 0 Å². The molecule has 0 radical (unpaired) electrons. The van der Waals surface area contributed by atoms with Crippen LogP contribution in [0.25, 0.3) is 0 Å².